The van der Waals surface area contributed by atoms with Crippen LogP contribution in [0.2, 0.25) is 0 Å². The standard InChI is InChI=1S/C15H12FN3O2S2/c16-13-6-15(9-18-7-13)23(20,21)19(10-12-3-5-22-11-12)14-2-1-4-17-8-14/h1-9,11H,10H2. The monoisotopic (exact) mass is 349 g/mol. The van der Waals surface area contributed by atoms with Crippen LogP contribution in [0.15, 0.2) is 64.7 Å². The normalized spacial score (nSPS) is 11.3. The van der Waals surface area contributed by atoms with Gasteiger partial charge in [0.1, 0.15) is 10.7 Å². The molecule has 0 amide bonds. The SMILES string of the molecule is O=S(=O)(c1cncc(F)c1)N(Cc1ccsc1)c1cccnc1. The van der Waals surface area contributed by atoms with Crippen molar-refractivity contribution in [2.75, 3.05) is 4.31 Å². The third-order valence-electron chi connectivity index (χ3n) is 3.11. The second-order valence-electron chi connectivity index (χ2n) is 4.69. The molecule has 5 nitrogen and oxygen atoms in total. The third kappa shape index (κ3) is 3.38. The molecule has 0 unspecified atom stereocenters. The van der Waals surface area contributed by atoms with Crippen LogP contribution in [0.3, 0.4) is 0 Å². The van der Waals surface area contributed by atoms with Crippen molar-refractivity contribution in [1.82, 2.24) is 9.97 Å². The van der Waals surface area contributed by atoms with Crippen LogP contribution in [0.1, 0.15) is 5.56 Å². The summed E-state index contributed by atoms with van der Waals surface area (Å²) in [5.41, 5.74) is 1.25. The largest absolute Gasteiger partial charge is 0.266 e. The molecule has 0 aliphatic rings. The Morgan fingerprint density at radius 2 is 2.04 bits per heavy atom. The van der Waals surface area contributed by atoms with Crippen LogP contribution in [0.5, 0.6) is 0 Å². The van der Waals surface area contributed by atoms with E-state index < -0.39 is 15.8 Å². The number of pyridine rings is 2. The van der Waals surface area contributed by atoms with E-state index in [9.17, 15) is 12.8 Å². The van der Waals surface area contributed by atoms with Gasteiger partial charge in [0.05, 0.1) is 24.6 Å². The van der Waals surface area contributed by atoms with Crippen LogP contribution in [-0.2, 0) is 16.6 Å². The fourth-order valence-electron chi connectivity index (χ4n) is 2.03. The Morgan fingerprint density at radius 3 is 2.70 bits per heavy atom. The van der Waals surface area contributed by atoms with Gasteiger partial charge in [0.2, 0.25) is 0 Å². The number of sulfonamides is 1. The predicted octanol–water partition coefficient (Wildman–Crippen LogP) is 3.07. The quantitative estimate of drug-likeness (QED) is 0.710. The van der Waals surface area contributed by atoms with Crippen molar-refractivity contribution in [2.45, 2.75) is 11.4 Å². The molecule has 23 heavy (non-hydrogen) atoms. The summed E-state index contributed by atoms with van der Waals surface area (Å²) in [4.78, 5) is 7.40. The van der Waals surface area contributed by atoms with Gasteiger partial charge >= 0.3 is 0 Å². The van der Waals surface area contributed by atoms with Crippen molar-refractivity contribution in [3.05, 3.63) is 71.2 Å². The number of nitrogens with zero attached hydrogens (tertiary/aromatic N) is 3. The molecule has 8 heteroatoms. The second-order valence-corrected chi connectivity index (χ2v) is 7.34. The number of rotatable bonds is 5. The molecule has 0 aliphatic heterocycles. The molecule has 0 atom stereocenters. The van der Waals surface area contributed by atoms with E-state index in [1.807, 2.05) is 16.8 Å². The van der Waals surface area contributed by atoms with Gasteiger partial charge in [-0.2, -0.15) is 11.3 Å². The Balaban J connectivity index is 2.07. The van der Waals surface area contributed by atoms with E-state index in [4.69, 9.17) is 0 Å². The van der Waals surface area contributed by atoms with Crippen LogP contribution in [0.25, 0.3) is 0 Å². The minimum absolute atomic E-state index is 0.133. The van der Waals surface area contributed by atoms with Crippen molar-refractivity contribution in [3.63, 3.8) is 0 Å². The summed E-state index contributed by atoms with van der Waals surface area (Å²) in [7, 11) is -3.96. The maximum absolute atomic E-state index is 13.4. The average Bonchev–Trinajstić information content (AvgIpc) is 3.06. The van der Waals surface area contributed by atoms with Gasteiger partial charge in [-0.1, -0.05) is 0 Å². The highest BCUT2D eigenvalue weighted by Crippen LogP contribution is 2.25. The zero-order valence-electron chi connectivity index (χ0n) is 11.8. The molecule has 0 N–H and O–H groups in total. The molecule has 3 aromatic rings. The Bertz CT molecular complexity index is 884. The van der Waals surface area contributed by atoms with E-state index in [1.54, 1.807) is 18.3 Å². The van der Waals surface area contributed by atoms with E-state index >= 15 is 0 Å². The van der Waals surface area contributed by atoms with Crippen LogP contribution in [-0.4, -0.2) is 18.4 Å². The Labute approximate surface area is 137 Å². The lowest BCUT2D eigenvalue weighted by Gasteiger charge is -2.23. The number of thiophene rings is 1. The van der Waals surface area contributed by atoms with Crippen LogP contribution >= 0.6 is 11.3 Å². The molecule has 118 valence electrons. The summed E-state index contributed by atoms with van der Waals surface area (Å²) in [5, 5.41) is 3.73. The lowest BCUT2D eigenvalue weighted by atomic mass is 10.3. The molecule has 0 spiro atoms. The molecule has 0 bridgehead atoms. The van der Waals surface area contributed by atoms with E-state index in [2.05, 4.69) is 9.97 Å². The highest BCUT2D eigenvalue weighted by molar-refractivity contribution is 7.92. The summed E-state index contributed by atoms with van der Waals surface area (Å²) in [6.07, 6.45) is 5.11. The first-order valence-corrected chi connectivity index (χ1v) is 9.00. The highest BCUT2D eigenvalue weighted by Gasteiger charge is 2.26. The number of anilines is 1. The molecule has 0 radical (unpaired) electrons. The maximum atomic E-state index is 13.4. The lowest BCUT2D eigenvalue weighted by molar-refractivity contribution is 0.583. The van der Waals surface area contributed by atoms with E-state index in [-0.39, 0.29) is 11.4 Å². The van der Waals surface area contributed by atoms with Gasteiger partial charge in [-0.05, 0) is 40.6 Å². The van der Waals surface area contributed by atoms with Crippen LogP contribution < -0.4 is 4.31 Å². The van der Waals surface area contributed by atoms with E-state index in [1.165, 1.54) is 21.8 Å². The van der Waals surface area contributed by atoms with Crippen molar-refractivity contribution >= 4 is 27.0 Å². The van der Waals surface area contributed by atoms with Gasteiger partial charge in [0, 0.05) is 12.4 Å². The third-order valence-corrected chi connectivity index (χ3v) is 5.58. The summed E-state index contributed by atoms with van der Waals surface area (Å²) >= 11 is 1.48. The minimum atomic E-state index is -3.96. The summed E-state index contributed by atoms with van der Waals surface area (Å²) in [5.74, 6) is -0.701. The molecule has 3 heterocycles. The smallest absolute Gasteiger partial charge is 0.263 e. The minimum Gasteiger partial charge on any atom is -0.263 e. The van der Waals surface area contributed by atoms with E-state index in [0.29, 0.717) is 5.69 Å². The Kier molecular flexibility index (Phi) is 4.35. The fraction of sp³-hybridized carbons (Fsp3) is 0.0667. The number of halogens is 1. The molecular weight excluding hydrogens is 337 g/mol. The highest BCUT2D eigenvalue weighted by atomic mass is 32.2. The first-order valence-electron chi connectivity index (χ1n) is 6.62. The predicted molar refractivity (Wildman–Crippen MR) is 86.1 cm³/mol. The van der Waals surface area contributed by atoms with Crippen LogP contribution in [0, 0.1) is 5.82 Å². The van der Waals surface area contributed by atoms with Gasteiger partial charge in [0.25, 0.3) is 10.0 Å². The number of hydrogen-bond acceptors (Lipinski definition) is 5. The zero-order valence-corrected chi connectivity index (χ0v) is 13.5. The van der Waals surface area contributed by atoms with Crippen molar-refractivity contribution < 1.29 is 12.8 Å². The molecule has 0 aromatic carbocycles. The first-order chi connectivity index (χ1) is 11.1. The molecule has 0 aliphatic carbocycles. The van der Waals surface area contributed by atoms with Crippen molar-refractivity contribution in [2.24, 2.45) is 0 Å². The van der Waals surface area contributed by atoms with Gasteiger partial charge in [-0.3, -0.25) is 14.3 Å². The second kappa shape index (κ2) is 6.43. The van der Waals surface area contributed by atoms with Crippen molar-refractivity contribution in [3.8, 4) is 0 Å². The van der Waals surface area contributed by atoms with Crippen LogP contribution in [0.4, 0.5) is 10.1 Å². The van der Waals surface area contributed by atoms with Crippen molar-refractivity contribution in [1.29, 1.82) is 0 Å². The molecule has 3 aromatic heterocycles. The summed E-state index contributed by atoms with van der Waals surface area (Å²) in [6, 6.07) is 6.09. The molecular formula is C15H12FN3O2S2. The fourth-order valence-corrected chi connectivity index (χ4v) is 4.10. The average molecular weight is 349 g/mol. The van der Waals surface area contributed by atoms with Gasteiger partial charge in [-0.15, -0.1) is 0 Å². The zero-order chi connectivity index (χ0) is 16.3. The molecule has 0 saturated heterocycles. The first kappa shape index (κ1) is 15.6. The summed E-state index contributed by atoms with van der Waals surface area (Å²) in [6.45, 7) is 0.133. The van der Waals surface area contributed by atoms with Gasteiger partial charge in [-0.25, -0.2) is 12.8 Å². The molecule has 0 fully saturated rings. The lowest BCUT2D eigenvalue weighted by Crippen LogP contribution is -2.30. The molecule has 0 saturated carbocycles. The van der Waals surface area contributed by atoms with Gasteiger partial charge < -0.3 is 0 Å². The van der Waals surface area contributed by atoms with E-state index in [0.717, 1.165) is 24.0 Å². The topological polar surface area (TPSA) is 63.2 Å². The molecule has 3 rings (SSSR count). The van der Waals surface area contributed by atoms with Gasteiger partial charge in [0.15, 0.2) is 0 Å². The number of hydrogen-bond donors (Lipinski definition) is 0. The number of aromatic nitrogens is 2. The Hall–Kier alpha value is -2.32. The maximum Gasteiger partial charge on any atom is 0.266 e. The Morgan fingerprint density at radius 1 is 1.17 bits per heavy atom. The summed E-state index contributed by atoms with van der Waals surface area (Å²) < 4.78 is 40.4.